The van der Waals surface area contributed by atoms with Crippen LogP contribution in [0.25, 0.3) is 0 Å². The first-order valence-electron chi connectivity index (χ1n) is 6.47. The summed E-state index contributed by atoms with van der Waals surface area (Å²) in [6.45, 7) is 2.04. The highest BCUT2D eigenvalue weighted by Gasteiger charge is 2.38. The number of aliphatic hydroxyl groups is 2. The first kappa shape index (κ1) is 16.5. The largest absolute Gasteiger partial charge is 0.490 e. The highest BCUT2D eigenvalue weighted by Crippen LogP contribution is 2.38. The average molecular weight is 381 g/mol. The van der Waals surface area contributed by atoms with Crippen molar-refractivity contribution in [3.8, 4) is 11.5 Å². The van der Waals surface area contributed by atoms with Crippen molar-refractivity contribution in [1.82, 2.24) is 0 Å². The minimum absolute atomic E-state index is 0.153. The molecule has 2 N–H and O–H groups in total. The molecule has 1 aromatic carbocycles. The lowest BCUT2D eigenvalue weighted by atomic mass is 10.2. The summed E-state index contributed by atoms with van der Waals surface area (Å²) in [7, 11) is -3.29. The number of ether oxygens (including phenoxy) is 2. The summed E-state index contributed by atoms with van der Waals surface area (Å²) >= 11 is 3.32. The molecular weight excluding hydrogens is 364 g/mol. The van der Waals surface area contributed by atoms with Crippen molar-refractivity contribution in [1.29, 1.82) is 0 Å². The van der Waals surface area contributed by atoms with Gasteiger partial charge in [-0.3, -0.25) is 0 Å². The zero-order valence-corrected chi connectivity index (χ0v) is 13.9. The van der Waals surface area contributed by atoms with Crippen molar-refractivity contribution in [2.75, 3.05) is 18.1 Å². The normalized spacial score (nSPS) is 24.0. The highest BCUT2D eigenvalue weighted by atomic mass is 79.9. The van der Waals surface area contributed by atoms with Gasteiger partial charge >= 0.3 is 0 Å². The molecule has 2 rings (SSSR count). The lowest BCUT2D eigenvalue weighted by molar-refractivity contribution is 0.0707. The van der Waals surface area contributed by atoms with E-state index >= 15 is 0 Å². The molecule has 1 fully saturated rings. The first-order valence-corrected chi connectivity index (χ1v) is 9.09. The molecule has 1 saturated heterocycles. The second-order valence-electron chi connectivity index (χ2n) is 4.80. The van der Waals surface area contributed by atoms with Crippen LogP contribution in [-0.4, -0.2) is 49.0 Å². The Kier molecular flexibility index (Phi) is 5.13. The predicted molar refractivity (Wildman–Crippen MR) is 80.3 cm³/mol. The van der Waals surface area contributed by atoms with Gasteiger partial charge in [0.15, 0.2) is 21.3 Å². The van der Waals surface area contributed by atoms with Gasteiger partial charge in [0, 0.05) is 0 Å². The van der Waals surface area contributed by atoms with Gasteiger partial charge in [-0.2, -0.15) is 0 Å². The Morgan fingerprint density at radius 3 is 2.62 bits per heavy atom. The molecule has 118 valence electrons. The Morgan fingerprint density at radius 1 is 1.38 bits per heavy atom. The van der Waals surface area contributed by atoms with Crippen LogP contribution in [0.2, 0.25) is 0 Å². The summed E-state index contributed by atoms with van der Waals surface area (Å²) < 4.78 is 34.7. The molecule has 1 heterocycles. The smallest absolute Gasteiger partial charge is 0.175 e. The Bertz CT molecular complexity index is 615. The van der Waals surface area contributed by atoms with Crippen LogP contribution in [0, 0.1) is 0 Å². The molecule has 1 aliphatic rings. The molecule has 1 aliphatic heterocycles. The number of halogens is 1. The fraction of sp³-hybridized carbons (Fsp3) is 0.538. The third kappa shape index (κ3) is 3.88. The molecule has 0 radical (unpaired) electrons. The topological polar surface area (TPSA) is 93.1 Å². The highest BCUT2D eigenvalue weighted by molar-refractivity contribution is 9.10. The van der Waals surface area contributed by atoms with Crippen molar-refractivity contribution < 1.29 is 28.1 Å². The van der Waals surface area contributed by atoms with Crippen LogP contribution in [-0.2, 0) is 16.4 Å². The van der Waals surface area contributed by atoms with Gasteiger partial charge in [0.25, 0.3) is 0 Å². The average Bonchev–Trinajstić information content (AvgIpc) is 2.66. The van der Waals surface area contributed by atoms with E-state index in [-0.39, 0.29) is 18.1 Å². The maximum Gasteiger partial charge on any atom is 0.175 e. The van der Waals surface area contributed by atoms with Crippen molar-refractivity contribution in [3.05, 3.63) is 22.2 Å². The molecule has 0 amide bonds. The van der Waals surface area contributed by atoms with Gasteiger partial charge in [-0.1, -0.05) is 0 Å². The van der Waals surface area contributed by atoms with Crippen LogP contribution in [0.4, 0.5) is 0 Å². The Morgan fingerprint density at radius 2 is 2.10 bits per heavy atom. The number of rotatable bonds is 5. The number of hydrogen-bond acceptors (Lipinski definition) is 6. The molecule has 0 aliphatic carbocycles. The molecule has 0 saturated carbocycles. The third-order valence-electron chi connectivity index (χ3n) is 3.09. The quantitative estimate of drug-likeness (QED) is 0.787. The van der Waals surface area contributed by atoms with Gasteiger partial charge < -0.3 is 19.7 Å². The van der Waals surface area contributed by atoms with Crippen molar-refractivity contribution >= 4 is 25.8 Å². The standard InChI is InChI=1S/C13H17BrO6S/c1-2-19-11-4-8(5-15)3-9(14)13(11)20-12-7-21(17,18)6-10(12)16/h3-4,10,12,15-16H,2,5-7H2,1H3. The van der Waals surface area contributed by atoms with Gasteiger partial charge in [0.2, 0.25) is 0 Å². The van der Waals surface area contributed by atoms with E-state index in [2.05, 4.69) is 15.9 Å². The summed E-state index contributed by atoms with van der Waals surface area (Å²) in [4.78, 5) is 0. The van der Waals surface area contributed by atoms with Gasteiger partial charge in [0.05, 0.1) is 29.2 Å². The van der Waals surface area contributed by atoms with Crippen molar-refractivity contribution in [2.45, 2.75) is 25.7 Å². The zero-order chi connectivity index (χ0) is 15.6. The van der Waals surface area contributed by atoms with Gasteiger partial charge in [0.1, 0.15) is 12.2 Å². The van der Waals surface area contributed by atoms with E-state index in [9.17, 15) is 18.6 Å². The van der Waals surface area contributed by atoms with Crippen LogP contribution < -0.4 is 9.47 Å². The van der Waals surface area contributed by atoms with Gasteiger partial charge in [-0.25, -0.2) is 8.42 Å². The Balaban J connectivity index is 2.31. The van der Waals surface area contributed by atoms with Crippen molar-refractivity contribution in [2.24, 2.45) is 0 Å². The lowest BCUT2D eigenvalue weighted by Crippen LogP contribution is -2.30. The monoisotopic (exact) mass is 380 g/mol. The molecular formula is C13H17BrO6S. The summed E-state index contributed by atoms with van der Waals surface area (Å²) in [6, 6.07) is 3.28. The Labute approximate surface area is 131 Å². The maximum atomic E-state index is 11.5. The molecule has 1 aromatic rings. The van der Waals surface area contributed by atoms with E-state index in [1.54, 1.807) is 19.1 Å². The number of aliphatic hydroxyl groups excluding tert-OH is 2. The molecule has 2 unspecified atom stereocenters. The number of sulfone groups is 1. The molecule has 6 nitrogen and oxygen atoms in total. The second kappa shape index (κ2) is 6.51. The van der Waals surface area contributed by atoms with Crippen molar-refractivity contribution in [3.63, 3.8) is 0 Å². The third-order valence-corrected chi connectivity index (χ3v) is 5.37. The fourth-order valence-corrected chi connectivity index (χ4v) is 4.40. The lowest BCUT2D eigenvalue weighted by Gasteiger charge is -2.20. The number of hydrogen-bond donors (Lipinski definition) is 2. The van der Waals surface area contributed by atoms with E-state index in [0.717, 1.165) is 0 Å². The minimum atomic E-state index is -3.29. The summed E-state index contributed by atoms with van der Waals surface area (Å²) in [6.07, 6.45) is -1.89. The molecule has 0 bridgehead atoms. The molecule has 0 spiro atoms. The van der Waals surface area contributed by atoms with E-state index in [1.807, 2.05) is 0 Å². The Hall–Kier alpha value is -0.830. The van der Waals surface area contributed by atoms with E-state index in [1.165, 1.54) is 0 Å². The SMILES string of the molecule is CCOc1cc(CO)cc(Br)c1OC1CS(=O)(=O)CC1O. The van der Waals surface area contributed by atoms with Crippen LogP contribution in [0.3, 0.4) is 0 Å². The zero-order valence-electron chi connectivity index (χ0n) is 11.5. The summed E-state index contributed by atoms with van der Waals surface area (Å²) in [5, 5.41) is 19.0. The number of benzene rings is 1. The molecule has 2 atom stereocenters. The van der Waals surface area contributed by atoms with Gasteiger partial charge in [-0.05, 0) is 40.5 Å². The maximum absolute atomic E-state index is 11.5. The summed E-state index contributed by atoms with van der Waals surface area (Å²) in [5.41, 5.74) is 0.636. The molecule has 21 heavy (non-hydrogen) atoms. The van der Waals surface area contributed by atoms with E-state index < -0.39 is 22.0 Å². The predicted octanol–water partition coefficient (Wildman–Crippen LogP) is 0.877. The van der Waals surface area contributed by atoms with Crippen LogP contribution in [0.1, 0.15) is 12.5 Å². The molecule has 8 heteroatoms. The molecule has 0 aromatic heterocycles. The van der Waals surface area contributed by atoms with E-state index in [0.29, 0.717) is 28.1 Å². The fourth-order valence-electron chi connectivity index (χ4n) is 2.15. The first-order chi connectivity index (χ1) is 9.86. The van der Waals surface area contributed by atoms with Crippen LogP contribution in [0.15, 0.2) is 16.6 Å². The van der Waals surface area contributed by atoms with E-state index in [4.69, 9.17) is 9.47 Å². The van der Waals surface area contributed by atoms with Crippen LogP contribution in [0.5, 0.6) is 11.5 Å². The minimum Gasteiger partial charge on any atom is -0.490 e. The second-order valence-corrected chi connectivity index (χ2v) is 7.80. The van der Waals surface area contributed by atoms with Crippen LogP contribution >= 0.6 is 15.9 Å². The summed E-state index contributed by atoms with van der Waals surface area (Å²) in [5.74, 6) is 0.199. The van der Waals surface area contributed by atoms with Gasteiger partial charge in [-0.15, -0.1) is 0 Å².